The number of hydrogen-bond donors (Lipinski definition) is 1. The number of carbonyl (C=O) groups is 1. The van der Waals surface area contributed by atoms with Crippen LogP contribution in [-0.2, 0) is 21.4 Å². The van der Waals surface area contributed by atoms with Crippen molar-refractivity contribution in [3.8, 4) is 5.75 Å². The van der Waals surface area contributed by atoms with Gasteiger partial charge in [-0.2, -0.15) is 4.31 Å². The van der Waals surface area contributed by atoms with Gasteiger partial charge >= 0.3 is 0 Å². The van der Waals surface area contributed by atoms with E-state index in [-0.39, 0.29) is 19.0 Å². The monoisotopic (exact) mass is 376 g/mol. The number of hydrogen-bond acceptors (Lipinski definition) is 4. The molecule has 0 unspecified atom stereocenters. The summed E-state index contributed by atoms with van der Waals surface area (Å²) in [7, 11) is -3.49. The second-order valence-corrected chi connectivity index (χ2v) is 8.01. The molecule has 0 bridgehead atoms. The van der Waals surface area contributed by atoms with E-state index in [1.165, 1.54) is 0 Å². The highest BCUT2D eigenvalue weighted by molar-refractivity contribution is 7.88. The summed E-state index contributed by atoms with van der Waals surface area (Å²) < 4.78 is 30.6. The SMILES string of the molecule is Cc1ccc(OCCNC(=O)CN(Cc2ccccc2)S(C)(=O)=O)cc1. The molecule has 0 saturated heterocycles. The molecule has 0 radical (unpaired) electrons. The fourth-order valence-corrected chi connectivity index (χ4v) is 3.02. The van der Waals surface area contributed by atoms with Gasteiger partial charge in [-0.1, -0.05) is 48.0 Å². The second-order valence-electron chi connectivity index (χ2n) is 6.03. The molecule has 0 spiro atoms. The van der Waals surface area contributed by atoms with Crippen molar-refractivity contribution in [1.82, 2.24) is 9.62 Å². The van der Waals surface area contributed by atoms with Crippen LogP contribution in [0.1, 0.15) is 11.1 Å². The third-order valence-corrected chi connectivity index (χ3v) is 4.90. The van der Waals surface area contributed by atoms with Crippen LogP contribution in [0.3, 0.4) is 0 Å². The summed E-state index contributed by atoms with van der Waals surface area (Å²) in [6.07, 6.45) is 1.10. The lowest BCUT2D eigenvalue weighted by Gasteiger charge is -2.19. The summed E-state index contributed by atoms with van der Waals surface area (Å²) >= 11 is 0. The summed E-state index contributed by atoms with van der Waals surface area (Å²) in [4.78, 5) is 12.1. The molecule has 2 rings (SSSR count). The minimum Gasteiger partial charge on any atom is -0.492 e. The van der Waals surface area contributed by atoms with E-state index in [9.17, 15) is 13.2 Å². The van der Waals surface area contributed by atoms with Crippen molar-refractivity contribution in [3.05, 3.63) is 65.7 Å². The Morgan fingerprint density at radius 3 is 2.35 bits per heavy atom. The zero-order valence-electron chi connectivity index (χ0n) is 15.0. The molecule has 7 heteroatoms. The van der Waals surface area contributed by atoms with Gasteiger partial charge in [0.2, 0.25) is 15.9 Å². The van der Waals surface area contributed by atoms with Gasteiger partial charge < -0.3 is 10.1 Å². The molecule has 0 saturated carbocycles. The molecule has 26 heavy (non-hydrogen) atoms. The highest BCUT2D eigenvalue weighted by Crippen LogP contribution is 2.11. The van der Waals surface area contributed by atoms with Gasteiger partial charge in [-0.15, -0.1) is 0 Å². The Kier molecular flexibility index (Phi) is 7.17. The summed E-state index contributed by atoms with van der Waals surface area (Å²) in [5.74, 6) is 0.366. The molecule has 2 aromatic rings. The van der Waals surface area contributed by atoms with E-state index < -0.39 is 10.0 Å². The van der Waals surface area contributed by atoms with Crippen LogP contribution < -0.4 is 10.1 Å². The molecule has 1 N–H and O–H groups in total. The number of aryl methyl sites for hydroxylation is 1. The quantitative estimate of drug-likeness (QED) is 0.679. The normalized spacial score (nSPS) is 11.3. The Morgan fingerprint density at radius 1 is 1.08 bits per heavy atom. The molecule has 2 aromatic carbocycles. The van der Waals surface area contributed by atoms with Gasteiger partial charge in [0.1, 0.15) is 12.4 Å². The molecule has 6 nitrogen and oxygen atoms in total. The third kappa shape index (κ3) is 6.85. The second kappa shape index (κ2) is 9.35. The first kappa shape index (κ1) is 19.9. The molecule has 0 atom stereocenters. The number of rotatable bonds is 9. The van der Waals surface area contributed by atoms with Crippen molar-refractivity contribution in [3.63, 3.8) is 0 Å². The van der Waals surface area contributed by atoms with Crippen molar-refractivity contribution in [2.24, 2.45) is 0 Å². The van der Waals surface area contributed by atoms with Crippen LogP contribution in [0.4, 0.5) is 0 Å². The summed E-state index contributed by atoms with van der Waals surface area (Å²) in [6.45, 7) is 2.54. The van der Waals surface area contributed by atoms with Gasteiger partial charge in [-0.25, -0.2) is 8.42 Å². The van der Waals surface area contributed by atoms with Crippen LogP contribution in [0.25, 0.3) is 0 Å². The number of ether oxygens (including phenoxy) is 1. The number of benzene rings is 2. The maximum atomic E-state index is 12.1. The highest BCUT2D eigenvalue weighted by atomic mass is 32.2. The lowest BCUT2D eigenvalue weighted by atomic mass is 10.2. The van der Waals surface area contributed by atoms with E-state index in [2.05, 4.69) is 5.32 Å². The molecule has 140 valence electrons. The Morgan fingerprint density at radius 2 is 1.73 bits per heavy atom. The van der Waals surface area contributed by atoms with Gasteiger partial charge in [0, 0.05) is 6.54 Å². The summed E-state index contributed by atoms with van der Waals surface area (Å²) in [6, 6.07) is 16.8. The zero-order valence-corrected chi connectivity index (χ0v) is 15.8. The topological polar surface area (TPSA) is 75.7 Å². The van der Waals surface area contributed by atoms with Crippen molar-refractivity contribution >= 4 is 15.9 Å². The fraction of sp³-hybridized carbons (Fsp3) is 0.316. The minimum absolute atomic E-state index is 0.160. The minimum atomic E-state index is -3.49. The summed E-state index contributed by atoms with van der Waals surface area (Å²) in [5, 5.41) is 2.68. The lowest BCUT2D eigenvalue weighted by molar-refractivity contribution is -0.121. The van der Waals surface area contributed by atoms with Crippen molar-refractivity contribution < 1.29 is 17.9 Å². The van der Waals surface area contributed by atoms with Crippen molar-refractivity contribution in [1.29, 1.82) is 0 Å². The smallest absolute Gasteiger partial charge is 0.235 e. The number of carbonyl (C=O) groups excluding carboxylic acids is 1. The first-order valence-corrected chi connectivity index (χ1v) is 10.1. The van der Waals surface area contributed by atoms with Crippen LogP contribution in [0.5, 0.6) is 5.75 Å². The molecule has 0 aromatic heterocycles. The summed E-state index contributed by atoms with van der Waals surface area (Å²) in [5.41, 5.74) is 1.97. The first-order chi connectivity index (χ1) is 12.3. The fourth-order valence-electron chi connectivity index (χ4n) is 2.29. The molecule has 0 aliphatic rings. The number of nitrogens with one attached hydrogen (secondary N) is 1. The van der Waals surface area contributed by atoms with Gasteiger partial charge in [-0.3, -0.25) is 4.79 Å². The largest absolute Gasteiger partial charge is 0.492 e. The van der Waals surface area contributed by atoms with Crippen LogP contribution in [0.2, 0.25) is 0 Å². The van der Waals surface area contributed by atoms with E-state index in [4.69, 9.17) is 4.74 Å². The van der Waals surface area contributed by atoms with Gasteiger partial charge in [0.05, 0.1) is 19.3 Å². The molecule has 0 aliphatic heterocycles. The lowest BCUT2D eigenvalue weighted by Crippen LogP contribution is -2.40. The van der Waals surface area contributed by atoms with Crippen LogP contribution in [-0.4, -0.2) is 44.6 Å². The maximum Gasteiger partial charge on any atom is 0.235 e. The van der Waals surface area contributed by atoms with Crippen LogP contribution in [0.15, 0.2) is 54.6 Å². The van der Waals surface area contributed by atoms with E-state index in [0.29, 0.717) is 13.2 Å². The Balaban J connectivity index is 1.80. The van der Waals surface area contributed by atoms with Gasteiger partial charge in [-0.05, 0) is 24.6 Å². The van der Waals surface area contributed by atoms with E-state index in [1.54, 1.807) is 0 Å². The Labute approximate surface area is 154 Å². The van der Waals surface area contributed by atoms with Gasteiger partial charge in [0.25, 0.3) is 0 Å². The Hall–Kier alpha value is -2.38. The molecule has 0 aliphatic carbocycles. The highest BCUT2D eigenvalue weighted by Gasteiger charge is 2.20. The maximum absolute atomic E-state index is 12.1. The average molecular weight is 376 g/mol. The van der Waals surface area contributed by atoms with Crippen molar-refractivity contribution in [2.75, 3.05) is 26.0 Å². The number of nitrogens with zero attached hydrogens (tertiary/aromatic N) is 1. The predicted octanol–water partition coefficient (Wildman–Crippen LogP) is 1.95. The standard InChI is InChI=1S/C19H24N2O4S/c1-16-8-10-18(11-9-16)25-13-12-20-19(22)15-21(26(2,23)24)14-17-6-4-3-5-7-17/h3-11H,12-15H2,1-2H3,(H,20,22). The van der Waals surface area contributed by atoms with Crippen LogP contribution >= 0.6 is 0 Å². The first-order valence-electron chi connectivity index (χ1n) is 8.30. The molecule has 1 amide bonds. The van der Waals surface area contributed by atoms with Crippen molar-refractivity contribution in [2.45, 2.75) is 13.5 Å². The van der Waals surface area contributed by atoms with Gasteiger partial charge in [0.15, 0.2) is 0 Å². The predicted molar refractivity (Wildman–Crippen MR) is 101 cm³/mol. The Bertz CT molecular complexity index is 805. The van der Waals surface area contributed by atoms with E-state index in [0.717, 1.165) is 27.4 Å². The zero-order chi connectivity index (χ0) is 19.0. The molecular formula is C19H24N2O4S. The molecular weight excluding hydrogens is 352 g/mol. The van der Waals surface area contributed by atoms with Crippen LogP contribution in [0, 0.1) is 6.92 Å². The molecule has 0 heterocycles. The average Bonchev–Trinajstić information content (AvgIpc) is 2.60. The van der Waals surface area contributed by atoms with E-state index in [1.807, 2.05) is 61.5 Å². The third-order valence-electron chi connectivity index (χ3n) is 3.70. The van der Waals surface area contributed by atoms with E-state index >= 15 is 0 Å². The molecule has 0 fully saturated rings. The number of sulfonamides is 1. The number of amides is 1.